The molecule has 2 aromatic rings. The molecule has 88 valence electrons. The van der Waals surface area contributed by atoms with Gasteiger partial charge in [0.15, 0.2) is 0 Å². The maximum Gasteiger partial charge on any atom is 0.124 e. The molecule has 2 heterocycles. The number of hydrogen-bond donors (Lipinski definition) is 1. The highest BCUT2D eigenvalue weighted by atomic mass is 16.5. The van der Waals surface area contributed by atoms with Crippen molar-refractivity contribution >= 4 is 0 Å². The minimum atomic E-state index is 0.284. The van der Waals surface area contributed by atoms with Crippen LogP contribution in [0.4, 0.5) is 0 Å². The summed E-state index contributed by atoms with van der Waals surface area (Å²) in [6.07, 6.45) is 3.91. The molecule has 1 N–H and O–H groups in total. The molecule has 1 aromatic carbocycles. The quantitative estimate of drug-likeness (QED) is 0.869. The largest absolute Gasteiger partial charge is 0.491 e. The van der Waals surface area contributed by atoms with E-state index < -0.39 is 0 Å². The zero-order valence-electron chi connectivity index (χ0n) is 9.76. The van der Waals surface area contributed by atoms with Gasteiger partial charge in [-0.1, -0.05) is 18.2 Å². The Kier molecular flexibility index (Phi) is 2.57. The van der Waals surface area contributed by atoms with Crippen LogP contribution in [-0.4, -0.2) is 16.4 Å². The Hall–Kier alpha value is -1.81. The number of nitrogens with one attached hydrogen (secondary N) is 1. The second-order valence-corrected chi connectivity index (χ2v) is 4.30. The summed E-state index contributed by atoms with van der Waals surface area (Å²) in [6, 6.07) is 8.46. The van der Waals surface area contributed by atoms with Gasteiger partial charge in [-0.25, -0.2) is 0 Å². The van der Waals surface area contributed by atoms with Gasteiger partial charge in [-0.05, 0) is 6.07 Å². The Labute approximate surface area is 100 Å². The molecule has 0 bridgehead atoms. The lowest BCUT2D eigenvalue weighted by atomic mass is 10.1. The van der Waals surface area contributed by atoms with Crippen LogP contribution in [0, 0.1) is 0 Å². The molecule has 1 aromatic heterocycles. The van der Waals surface area contributed by atoms with E-state index in [1.165, 1.54) is 11.1 Å². The molecule has 0 saturated carbocycles. The van der Waals surface area contributed by atoms with E-state index in [4.69, 9.17) is 4.74 Å². The van der Waals surface area contributed by atoms with E-state index in [1.807, 2.05) is 42.3 Å². The molecule has 1 aliphatic heterocycles. The molecule has 4 heteroatoms. The first-order valence-corrected chi connectivity index (χ1v) is 5.75. The minimum Gasteiger partial charge on any atom is -0.491 e. The summed E-state index contributed by atoms with van der Waals surface area (Å²) < 4.78 is 7.44. The Morgan fingerprint density at radius 3 is 3.18 bits per heavy atom. The highest BCUT2D eigenvalue weighted by Crippen LogP contribution is 2.31. The first-order valence-electron chi connectivity index (χ1n) is 5.75. The fourth-order valence-corrected chi connectivity index (χ4v) is 2.14. The van der Waals surface area contributed by atoms with Gasteiger partial charge in [0.1, 0.15) is 12.4 Å². The van der Waals surface area contributed by atoms with Gasteiger partial charge in [0.25, 0.3) is 0 Å². The lowest BCUT2D eigenvalue weighted by Crippen LogP contribution is -2.21. The van der Waals surface area contributed by atoms with Gasteiger partial charge < -0.3 is 10.1 Å². The van der Waals surface area contributed by atoms with Crippen LogP contribution in [0.15, 0.2) is 36.7 Å². The smallest absolute Gasteiger partial charge is 0.124 e. The van der Waals surface area contributed by atoms with Crippen molar-refractivity contribution in [3.05, 3.63) is 47.8 Å². The molecule has 0 saturated heterocycles. The lowest BCUT2D eigenvalue weighted by Gasteiger charge is -2.10. The average Bonchev–Trinajstić information content (AvgIpc) is 2.93. The lowest BCUT2D eigenvalue weighted by molar-refractivity contribution is 0.310. The van der Waals surface area contributed by atoms with Gasteiger partial charge >= 0.3 is 0 Å². The molecule has 0 spiro atoms. The highest BCUT2D eigenvalue weighted by Gasteiger charge is 2.22. The van der Waals surface area contributed by atoms with E-state index in [2.05, 4.69) is 16.5 Å². The maximum absolute atomic E-state index is 5.62. The summed E-state index contributed by atoms with van der Waals surface area (Å²) in [4.78, 5) is 0. The van der Waals surface area contributed by atoms with E-state index in [0.29, 0.717) is 6.61 Å². The van der Waals surface area contributed by atoms with Crippen molar-refractivity contribution in [1.82, 2.24) is 15.1 Å². The van der Waals surface area contributed by atoms with Gasteiger partial charge in [-0.15, -0.1) is 0 Å². The van der Waals surface area contributed by atoms with E-state index in [-0.39, 0.29) is 6.04 Å². The number of hydrogen-bond acceptors (Lipinski definition) is 3. The normalized spacial score (nSPS) is 17.8. The number of benzene rings is 1. The molecule has 17 heavy (non-hydrogen) atoms. The monoisotopic (exact) mass is 229 g/mol. The zero-order valence-corrected chi connectivity index (χ0v) is 9.76. The van der Waals surface area contributed by atoms with Crippen molar-refractivity contribution in [2.75, 3.05) is 6.61 Å². The first-order chi connectivity index (χ1) is 8.33. The topological polar surface area (TPSA) is 39.1 Å². The molecular formula is C13H15N3O. The van der Waals surface area contributed by atoms with Gasteiger partial charge in [0, 0.05) is 30.9 Å². The van der Waals surface area contributed by atoms with Crippen molar-refractivity contribution in [3.8, 4) is 5.75 Å². The van der Waals surface area contributed by atoms with Crippen LogP contribution in [0.25, 0.3) is 0 Å². The Balaban J connectivity index is 1.68. The standard InChI is InChI=1S/C13H15N3O/c1-16-8-10(7-15-16)6-14-12-9-17-13-5-3-2-4-11(12)13/h2-5,7-8,12,14H,6,9H2,1H3. The van der Waals surface area contributed by atoms with E-state index >= 15 is 0 Å². The number of nitrogens with zero attached hydrogens (tertiary/aromatic N) is 2. The van der Waals surface area contributed by atoms with Crippen LogP contribution in [0.2, 0.25) is 0 Å². The second-order valence-electron chi connectivity index (χ2n) is 4.30. The molecule has 0 amide bonds. The van der Waals surface area contributed by atoms with Crippen molar-refractivity contribution in [2.24, 2.45) is 7.05 Å². The summed E-state index contributed by atoms with van der Waals surface area (Å²) in [6.45, 7) is 1.52. The number of para-hydroxylation sites is 1. The Morgan fingerprint density at radius 1 is 1.47 bits per heavy atom. The SMILES string of the molecule is Cn1cc(CNC2COc3ccccc32)cn1. The fraction of sp³-hybridized carbons (Fsp3) is 0.308. The van der Waals surface area contributed by atoms with Crippen molar-refractivity contribution in [3.63, 3.8) is 0 Å². The molecule has 4 nitrogen and oxygen atoms in total. The van der Waals surface area contributed by atoms with E-state index in [1.54, 1.807) is 0 Å². The molecular weight excluding hydrogens is 214 g/mol. The maximum atomic E-state index is 5.62. The third-order valence-electron chi connectivity index (χ3n) is 3.01. The predicted octanol–water partition coefficient (Wildman–Crippen LogP) is 1.64. The summed E-state index contributed by atoms with van der Waals surface area (Å²) in [5.41, 5.74) is 2.44. The van der Waals surface area contributed by atoms with Crippen molar-refractivity contribution < 1.29 is 4.74 Å². The highest BCUT2D eigenvalue weighted by molar-refractivity contribution is 5.39. The van der Waals surface area contributed by atoms with Crippen LogP contribution < -0.4 is 10.1 Å². The molecule has 3 rings (SSSR count). The fourth-order valence-electron chi connectivity index (χ4n) is 2.14. The number of aryl methyl sites for hydroxylation is 1. The molecule has 1 unspecified atom stereocenters. The van der Waals surface area contributed by atoms with E-state index in [9.17, 15) is 0 Å². The number of rotatable bonds is 3. The second kappa shape index (κ2) is 4.22. The summed E-state index contributed by atoms with van der Waals surface area (Å²) in [5, 5.41) is 7.64. The molecule has 1 atom stereocenters. The summed E-state index contributed by atoms with van der Waals surface area (Å²) >= 11 is 0. The molecule has 0 aliphatic carbocycles. The summed E-state index contributed by atoms with van der Waals surface area (Å²) in [5.74, 6) is 0.996. The number of ether oxygens (including phenoxy) is 1. The third kappa shape index (κ3) is 2.03. The average molecular weight is 229 g/mol. The van der Waals surface area contributed by atoms with Crippen LogP contribution in [0.1, 0.15) is 17.2 Å². The van der Waals surface area contributed by atoms with Gasteiger partial charge in [0.05, 0.1) is 12.2 Å². The number of fused-ring (bicyclic) bond motifs is 1. The minimum absolute atomic E-state index is 0.284. The Morgan fingerprint density at radius 2 is 2.35 bits per heavy atom. The van der Waals surface area contributed by atoms with Crippen LogP contribution in [0.5, 0.6) is 5.75 Å². The van der Waals surface area contributed by atoms with Crippen molar-refractivity contribution in [2.45, 2.75) is 12.6 Å². The van der Waals surface area contributed by atoms with Crippen LogP contribution in [-0.2, 0) is 13.6 Å². The van der Waals surface area contributed by atoms with Gasteiger partial charge in [-0.2, -0.15) is 5.10 Å². The summed E-state index contributed by atoms with van der Waals surface area (Å²) in [7, 11) is 1.93. The third-order valence-corrected chi connectivity index (χ3v) is 3.01. The Bertz CT molecular complexity index is 521. The van der Waals surface area contributed by atoms with Gasteiger partial charge in [-0.3, -0.25) is 4.68 Å². The van der Waals surface area contributed by atoms with E-state index in [0.717, 1.165) is 12.3 Å². The first kappa shape index (κ1) is 10.4. The van der Waals surface area contributed by atoms with Crippen molar-refractivity contribution in [1.29, 1.82) is 0 Å². The van der Waals surface area contributed by atoms with Crippen LogP contribution in [0.3, 0.4) is 0 Å². The molecule has 1 aliphatic rings. The zero-order chi connectivity index (χ0) is 11.7. The van der Waals surface area contributed by atoms with Gasteiger partial charge in [0.2, 0.25) is 0 Å². The molecule has 0 fully saturated rings. The molecule has 0 radical (unpaired) electrons. The number of aromatic nitrogens is 2. The van der Waals surface area contributed by atoms with Crippen LogP contribution >= 0.6 is 0 Å². The predicted molar refractivity (Wildman–Crippen MR) is 64.7 cm³/mol.